The normalized spacial score (nSPS) is 15.9. The van der Waals surface area contributed by atoms with Crippen molar-refractivity contribution >= 4 is 35.1 Å². The van der Waals surface area contributed by atoms with E-state index in [2.05, 4.69) is 12.2 Å². The second-order valence-electron chi connectivity index (χ2n) is 6.93. The number of halogens is 2. The van der Waals surface area contributed by atoms with Crippen molar-refractivity contribution in [2.24, 2.45) is 0 Å². The van der Waals surface area contributed by atoms with Crippen molar-refractivity contribution in [3.05, 3.63) is 58.1 Å². The fraction of sp³-hybridized carbons (Fsp3) is 0.364. The molecular formula is C22H23Cl2NO5. The highest BCUT2D eigenvalue weighted by Crippen LogP contribution is 2.31. The molecule has 30 heavy (non-hydrogen) atoms. The van der Waals surface area contributed by atoms with Crippen LogP contribution >= 0.6 is 23.2 Å². The van der Waals surface area contributed by atoms with Gasteiger partial charge in [-0.05, 0) is 36.2 Å². The molecule has 1 aliphatic rings. The van der Waals surface area contributed by atoms with Gasteiger partial charge in [0.1, 0.15) is 6.61 Å². The number of hydrogen-bond acceptors (Lipinski definition) is 5. The minimum Gasteiger partial charge on any atom is -0.485 e. The van der Waals surface area contributed by atoms with E-state index in [9.17, 15) is 9.59 Å². The van der Waals surface area contributed by atoms with E-state index in [0.29, 0.717) is 28.1 Å². The first-order chi connectivity index (χ1) is 14.5. The van der Waals surface area contributed by atoms with Crippen LogP contribution in [-0.4, -0.2) is 37.7 Å². The Balaban J connectivity index is 1.48. The van der Waals surface area contributed by atoms with Gasteiger partial charge < -0.3 is 19.5 Å². The Bertz CT molecular complexity index is 905. The van der Waals surface area contributed by atoms with Crippen LogP contribution in [-0.2, 0) is 14.3 Å². The molecule has 1 heterocycles. The Kier molecular flexibility index (Phi) is 7.82. The van der Waals surface area contributed by atoms with Gasteiger partial charge in [-0.3, -0.25) is 4.79 Å². The summed E-state index contributed by atoms with van der Waals surface area (Å²) in [5, 5.41) is 3.93. The summed E-state index contributed by atoms with van der Waals surface area (Å²) in [4.78, 5) is 24.4. The molecule has 1 amide bonds. The van der Waals surface area contributed by atoms with Gasteiger partial charge in [0.25, 0.3) is 5.91 Å². The summed E-state index contributed by atoms with van der Waals surface area (Å²) in [6, 6.07) is 12.4. The lowest BCUT2D eigenvalue weighted by atomic mass is 9.94. The molecule has 0 fully saturated rings. The number of nitrogens with one attached hydrogen (secondary N) is 1. The molecule has 0 radical (unpaired) electrons. The van der Waals surface area contributed by atoms with E-state index in [1.54, 1.807) is 30.3 Å². The van der Waals surface area contributed by atoms with Gasteiger partial charge in [-0.2, -0.15) is 0 Å². The molecule has 2 unspecified atom stereocenters. The van der Waals surface area contributed by atoms with E-state index >= 15 is 0 Å². The van der Waals surface area contributed by atoms with Crippen molar-refractivity contribution in [1.29, 1.82) is 0 Å². The molecule has 0 saturated heterocycles. The summed E-state index contributed by atoms with van der Waals surface area (Å²) in [5.74, 6) is 0.0303. The summed E-state index contributed by atoms with van der Waals surface area (Å²) >= 11 is 12.3. The van der Waals surface area contributed by atoms with E-state index < -0.39 is 24.6 Å². The number of para-hydroxylation sites is 2. The molecule has 0 aromatic heterocycles. The highest BCUT2D eigenvalue weighted by molar-refractivity contribution is 6.35. The van der Waals surface area contributed by atoms with E-state index in [1.165, 1.54) is 0 Å². The van der Waals surface area contributed by atoms with Crippen LogP contribution < -0.4 is 14.8 Å². The van der Waals surface area contributed by atoms with Gasteiger partial charge in [-0.1, -0.05) is 54.7 Å². The van der Waals surface area contributed by atoms with Crippen LogP contribution in [0.15, 0.2) is 42.5 Å². The molecule has 8 heteroatoms. The second kappa shape index (κ2) is 10.5. The zero-order valence-electron chi connectivity index (χ0n) is 16.5. The molecule has 0 saturated carbocycles. The second-order valence-corrected chi connectivity index (χ2v) is 7.77. The smallest absolute Gasteiger partial charge is 0.351 e. The number of ether oxygens (including phenoxy) is 3. The summed E-state index contributed by atoms with van der Waals surface area (Å²) < 4.78 is 16.2. The van der Waals surface area contributed by atoms with Gasteiger partial charge in [-0.15, -0.1) is 0 Å². The van der Waals surface area contributed by atoms with Crippen molar-refractivity contribution in [2.45, 2.75) is 31.8 Å². The zero-order valence-corrected chi connectivity index (χ0v) is 18.0. The van der Waals surface area contributed by atoms with Gasteiger partial charge in [0.15, 0.2) is 18.1 Å². The first-order valence-corrected chi connectivity index (χ1v) is 10.5. The molecule has 3 rings (SSSR count). The number of rotatable bonds is 8. The van der Waals surface area contributed by atoms with E-state index in [1.807, 2.05) is 12.1 Å². The third kappa shape index (κ3) is 5.80. The highest BCUT2D eigenvalue weighted by atomic mass is 35.5. The molecule has 0 bridgehead atoms. The summed E-state index contributed by atoms with van der Waals surface area (Å²) in [6.45, 7) is 2.07. The van der Waals surface area contributed by atoms with Crippen LogP contribution in [0.5, 0.6) is 11.5 Å². The molecule has 6 nitrogen and oxygen atoms in total. The first-order valence-electron chi connectivity index (χ1n) is 9.74. The van der Waals surface area contributed by atoms with Crippen molar-refractivity contribution < 1.29 is 23.8 Å². The fourth-order valence-electron chi connectivity index (χ4n) is 3.20. The molecular weight excluding hydrogens is 429 g/mol. The number of benzene rings is 2. The van der Waals surface area contributed by atoms with Gasteiger partial charge in [0.2, 0.25) is 6.10 Å². The maximum atomic E-state index is 12.2. The fourth-order valence-corrected chi connectivity index (χ4v) is 3.76. The standard InChI is InChI=1S/C22H23Cl2NO5/c1-2-5-14(16-9-8-15(23)10-17(16)24)11-25-21(26)13-29-22(27)20-12-28-18-6-3-4-7-19(18)30-20/h3-4,6-10,14,20H,2,5,11-13H2,1H3,(H,25,26). The first kappa shape index (κ1) is 22.2. The largest absolute Gasteiger partial charge is 0.485 e. The van der Waals surface area contributed by atoms with Crippen LogP contribution in [0.1, 0.15) is 31.2 Å². The molecule has 0 aliphatic carbocycles. The predicted molar refractivity (Wildman–Crippen MR) is 114 cm³/mol. The van der Waals surface area contributed by atoms with Crippen molar-refractivity contribution in [1.82, 2.24) is 5.32 Å². The van der Waals surface area contributed by atoms with Crippen LogP contribution in [0, 0.1) is 0 Å². The Hall–Kier alpha value is -2.44. The molecule has 2 aromatic carbocycles. The summed E-state index contributed by atoms with van der Waals surface area (Å²) in [6.07, 6.45) is 0.858. The number of carbonyl (C=O) groups is 2. The van der Waals surface area contributed by atoms with E-state index in [-0.39, 0.29) is 12.5 Å². The zero-order chi connectivity index (χ0) is 21.5. The minimum absolute atomic E-state index is 0.0328. The maximum Gasteiger partial charge on any atom is 0.351 e. The highest BCUT2D eigenvalue weighted by Gasteiger charge is 2.29. The molecule has 2 atom stereocenters. The number of fused-ring (bicyclic) bond motifs is 1. The summed E-state index contributed by atoms with van der Waals surface area (Å²) in [7, 11) is 0. The molecule has 0 spiro atoms. The lowest BCUT2D eigenvalue weighted by molar-refractivity contribution is -0.157. The average molecular weight is 452 g/mol. The number of carbonyl (C=O) groups excluding carboxylic acids is 2. The predicted octanol–water partition coefficient (Wildman–Crippen LogP) is 4.38. The molecule has 160 valence electrons. The van der Waals surface area contributed by atoms with Gasteiger partial charge in [0, 0.05) is 22.5 Å². The number of esters is 1. The van der Waals surface area contributed by atoms with Gasteiger partial charge >= 0.3 is 5.97 Å². The Morgan fingerprint density at radius 3 is 2.70 bits per heavy atom. The number of hydrogen-bond donors (Lipinski definition) is 1. The average Bonchev–Trinajstić information content (AvgIpc) is 2.75. The van der Waals surface area contributed by atoms with Crippen LogP contribution in [0.25, 0.3) is 0 Å². The molecule has 2 aromatic rings. The van der Waals surface area contributed by atoms with E-state index in [0.717, 1.165) is 18.4 Å². The number of amides is 1. The Morgan fingerprint density at radius 2 is 1.97 bits per heavy atom. The molecule has 1 aliphatic heterocycles. The third-order valence-electron chi connectivity index (χ3n) is 4.70. The maximum absolute atomic E-state index is 12.2. The Labute approximate surface area is 185 Å². The van der Waals surface area contributed by atoms with E-state index in [4.69, 9.17) is 37.4 Å². The van der Waals surface area contributed by atoms with Crippen LogP contribution in [0.3, 0.4) is 0 Å². The topological polar surface area (TPSA) is 73.9 Å². The quantitative estimate of drug-likeness (QED) is 0.602. The molecule has 1 N–H and O–H groups in total. The Morgan fingerprint density at radius 1 is 1.20 bits per heavy atom. The van der Waals surface area contributed by atoms with Crippen LogP contribution in [0.2, 0.25) is 10.0 Å². The summed E-state index contributed by atoms with van der Waals surface area (Å²) in [5.41, 5.74) is 0.923. The lowest BCUT2D eigenvalue weighted by Crippen LogP contribution is -2.40. The van der Waals surface area contributed by atoms with Crippen molar-refractivity contribution in [2.75, 3.05) is 19.8 Å². The van der Waals surface area contributed by atoms with Crippen LogP contribution in [0.4, 0.5) is 0 Å². The minimum atomic E-state index is -0.909. The van der Waals surface area contributed by atoms with Crippen molar-refractivity contribution in [3.8, 4) is 11.5 Å². The van der Waals surface area contributed by atoms with Crippen molar-refractivity contribution in [3.63, 3.8) is 0 Å². The lowest BCUT2D eigenvalue weighted by Gasteiger charge is -2.25. The van der Waals surface area contributed by atoms with Gasteiger partial charge in [0.05, 0.1) is 0 Å². The SMILES string of the molecule is CCCC(CNC(=O)COC(=O)C1COc2ccccc2O1)c1ccc(Cl)cc1Cl. The monoisotopic (exact) mass is 451 g/mol. The third-order valence-corrected chi connectivity index (χ3v) is 5.26. The van der Waals surface area contributed by atoms with Gasteiger partial charge in [-0.25, -0.2) is 4.79 Å².